The SMILES string of the molecule is CN(C1CCCC1)S(=O)(=O)c1ccc(NN)nc1. The van der Waals surface area contributed by atoms with E-state index in [1.165, 1.54) is 16.6 Å². The largest absolute Gasteiger partial charge is 0.308 e. The van der Waals surface area contributed by atoms with Crippen LogP contribution in [0.4, 0.5) is 5.82 Å². The van der Waals surface area contributed by atoms with Crippen LogP contribution in [0, 0.1) is 0 Å². The highest BCUT2D eigenvalue weighted by Gasteiger charge is 2.30. The van der Waals surface area contributed by atoms with Crippen molar-refractivity contribution in [1.82, 2.24) is 9.29 Å². The lowest BCUT2D eigenvalue weighted by Gasteiger charge is -2.23. The molecule has 18 heavy (non-hydrogen) atoms. The number of rotatable bonds is 4. The van der Waals surface area contributed by atoms with E-state index in [0.29, 0.717) is 5.82 Å². The number of nitrogens with zero attached hydrogens (tertiary/aromatic N) is 2. The number of nitrogen functional groups attached to an aromatic ring is 1. The van der Waals surface area contributed by atoms with Gasteiger partial charge in [0.2, 0.25) is 10.0 Å². The fourth-order valence-corrected chi connectivity index (χ4v) is 3.61. The molecule has 0 atom stereocenters. The van der Waals surface area contributed by atoms with Crippen molar-refractivity contribution < 1.29 is 8.42 Å². The fraction of sp³-hybridized carbons (Fsp3) is 0.545. The molecular weight excluding hydrogens is 252 g/mol. The number of hydrazine groups is 1. The predicted molar refractivity (Wildman–Crippen MR) is 69.3 cm³/mol. The summed E-state index contributed by atoms with van der Waals surface area (Å²) in [5.74, 6) is 5.64. The minimum Gasteiger partial charge on any atom is -0.308 e. The van der Waals surface area contributed by atoms with Crippen molar-refractivity contribution in [1.29, 1.82) is 0 Å². The maximum Gasteiger partial charge on any atom is 0.244 e. The highest BCUT2D eigenvalue weighted by atomic mass is 32.2. The van der Waals surface area contributed by atoms with Crippen LogP contribution in [0.2, 0.25) is 0 Å². The number of sulfonamides is 1. The number of hydrogen-bond donors (Lipinski definition) is 2. The Kier molecular flexibility index (Phi) is 3.84. The molecule has 0 amide bonds. The summed E-state index contributed by atoms with van der Waals surface area (Å²) in [4.78, 5) is 4.14. The van der Waals surface area contributed by atoms with Crippen LogP contribution in [0.3, 0.4) is 0 Å². The topological polar surface area (TPSA) is 88.3 Å². The molecule has 3 N–H and O–H groups in total. The predicted octanol–water partition coefficient (Wildman–Crippen LogP) is 0.930. The number of nitrogens with one attached hydrogen (secondary N) is 1. The third kappa shape index (κ3) is 2.47. The quantitative estimate of drug-likeness (QED) is 0.627. The van der Waals surface area contributed by atoms with Gasteiger partial charge in [-0.25, -0.2) is 19.2 Å². The van der Waals surface area contributed by atoms with Crippen LogP contribution in [0.1, 0.15) is 25.7 Å². The monoisotopic (exact) mass is 270 g/mol. The molecule has 0 bridgehead atoms. The van der Waals surface area contributed by atoms with E-state index in [1.807, 2.05) is 0 Å². The Morgan fingerprint density at radius 1 is 1.39 bits per heavy atom. The van der Waals surface area contributed by atoms with Gasteiger partial charge in [0.25, 0.3) is 0 Å². The molecule has 1 heterocycles. The number of anilines is 1. The van der Waals surface area contributed by atoms with Crippen molar-refractivity contribution in [2.45, 2.75) is 36.6 Å². The fourth-order valence-electron chi connectivity index (χ4n) is 2.25. The molecule has 1 fully saturated rings. The van der Waals surface area contributed by atoms with E-state index in [4.69, 9.17) is 5.84 Å². The third-order valence-electron chi connectivity index (χ3n) is 3.40. The minimum atomic E-state index is -3.45. The Labute approximate surface area is 107 Å². The molecule has 0 unspecified atom stereocenters. The first-order valence-corrected chi connectivity index (χ1v) is 7.40. The number of nitrogens with two attached hydrogens (primary N) is 1. The van der Waals surface area contributed by atoms with Crippen molar-refractivity contribution >= 4 is 15.8 Å². The average molecular weight is 270 g/mol. The van der Waals surface area contributed by atoms with E-state index in [1.54, 1.807) is 13.1 Å². The van der Waals surface area contributed by atoms with Gasteiger partial charge in [0.05, 0.1) is 0 Å². The van der Waals surface area contributed by atoms with E-state index < -0.39 is 10.0 Å². The molecular formula is C11H18N4O2S. The molecule has 0 saturated heterocycles. The lowest BCUT2D eigenvalue weighted by atomic mass is 10.3. The van der Waals surface area contributed by atoms with E-state index in [9.17, 15) is 8.42 Å². The standard InChI is InChI=1S/C11H18N4O2S/c1-15(9-4-2-3-5-9)18(16,17)10-6-7-11(14-12)13-8-10/h6-9H,2-5,12H2,1H3,(H,13,14). The Balaban J connectivity index is 2.23. The van der Waals surface area contributed by atoms with Gasteiger partial charge in [0, 0.05) is 19.3 Å². The van der Waals surface area contributed by atoms with Crippen LogP contribution in [0.25, 0.3) is 0 Å². The van der Waals surface area contributed by atoms with E-state index in [2.05, 4.69) is 10.4 Å². The first-order valence-electron chi connectivity index (χ1n) is 5.96. The molecule has 1 aliphatic rings. The number of aromatic nitrogens is 1. The Hall–Kier alpha value is -1.18. The normalized spacial score (nSPS) is 17.3. The molecule has 1 aliphatic carbocycles. The summed E-state index contributed by atoms with van der Waals surface area (Å²) in [6, 6.07) is 3.18. The van der Waals surface area contributed by atoms with Gasteiger partial charge in [0.1, 0.15) is 10.7 Å². The average Bonchev–Trinajstić information content (AvgIpc) is 2.91. The lowest BCUT2D eigenvalue weighted by molar-refractivity contribution is 0.373. The summed E-state index contributed by atoms with van der Waals surface area (Å²) in [5.41, 5.74) is 2.37. The molecule has 1 aromatic heterocycles. The molecule has 0 aromatic carbocycles. The molecule has 0 aliphatic heterocycles. The summed E-state index contributed by atoms with van der Waals surface area (Å²) >= 11 is 0. The van der Waals surface area contributed by atoms with Crippen LogP contribution in [0.15, 0.2) is 23.2 Å². The first-order chi connectivity index (χ1) is 8.55. The van der Waals surface area contributed by atoms with Crippen LogP contribution in [-0.4, -0.2) is 30.8 Å². The molecule has 2 rings (SSSR count). The van der Waals surface area contributed by atoms with Gasteiger partial charge in [-0.3, -0.25) is 0 Å². The van der Waals surface area contributed by atoms with Crippen molar-refractivity contribution in [2.24, 2.45) is 5.84 Å². The van der Waals surface area contributed by atoms with Crippen molar-refractivity contribution in [2.75, 3.05) is 12.5 Å². The zero-order chi connectivity index (χ0) is 13.2. The molecule has 0 spiro atoms. The second-order valence-electron chi connectivity index (χ2n) is 4.48. The third-order valence-corrected chi connectivity index (χ3v) is 5.29. The highest BCUT2D eigenvalue weighted by Crippen LogP contribution is 2.27. The molecule has 100 valence electrons. The van der Waals surface area contributed by atoms with Crippen LogP contribution < -0.4 is 11.3 Å². The molecule has 0 radical (unpaired) electrons. The van der Waals surface area contributed by atoms with E-state index >= 15 is 0 Å². The molecule has 1 saturated carbocycles. The van der Waals surface area contributed by atoms with Crippen LogP contribution in [-0.2, 0) is 10.0 Å². The molecule has 6 nitrogen and oxygen atoms in total. The number of hydrogen-bond acceptors (Lipinski definition) is 5. The van der Waals surface area contributed by atoms with Crippen LogP contribution >= 0.6 is 0 Å². The van der Waals surface area contributed by atoms with Gasteiger partial charge in [-0.1, -0.05) is 12.8 Å². The summed E-state index contributed by atoms with van der Waals surface area (Å²) in [7, 11) is -1.81. The van der Waals surface area contributed by atoms with Gasteiger partial charge >= 0.3 is 0 Å². The van der Waals surface area contributed by atoms with Gasteiger partial charge in [-0.15, -0.1) is 0 Å². The maximum absolute atomic E-state index is 12.4. The van der Waals surface area contributed by atoms with Gasteiger partial charge in [0.15, 0.2) is 0 Å². The second-order valence-corrected chi connectivity index (χ2v) is 6.48. The summed E-state index contributed by atoms with van der Waals surface area (Å²) in [6.45, 7) is 0. The minimum absolute atomic E-state index is 0.113. The second kappa shape index (κ2) is 5.21. The van der Waals surface area contributed by atoms with Crippen LogP contribution in [0.5, 0.6) is 0 Å². The Morgan fingerprint density at radius 3 is 2.56 bits per heavy atom. The van der Waals surface area contributed by atoms with Crippen molar-refractivity contribution in [3.63, 3.8) is 0 Å². The lowest BCUT2D eigenvalue weighted by Crippen LogP contribution is -2.35. The van der Waals surface area contributed by atoms with Gasteiger partial charge in [-0.2, -0.15) is 4.31 Å². The zero-order valence-corrected chi connectivity index (χ0v) is 11.2. The maximum atomic E-state index is 12.4. The van der Waals surface area contributed by atoms with Crippen molar-refractivity contribution in [3.05, 3.63) is 18.3 Å². The van der Waals surface area contributed by atoms with E-state index in [-0.39, 0.29) is 10.9 Å². The Morgan fingerprint density at radius 2 is 2.06 bits per heavy atom. The van der Waals surface area contributed by atoms with E-state index in [0.717, 1.165) is 25.7 Å². The van der Waals surface area contributed by atoms with Crippen molar-refractivity contribution in [3.8, 4) is 0 Å². The van der Waals surface area contributed by atoms with Gasteiger partial charge in [-0.05, 0) is 25.0 Å². The molecule has 1 aromatic rings. The first kappa shape index (κ1) is 13.3. The smallest absolute Gasteiger partial charge is 0.244 e. The summed E-state index contributed by atoms with van der Waals surface area (Å²) in [5, 5.41) is 0. The summed E-state index contributed by atoms with van der Waals surface area (Å²) in [6.07, 6.45) is 5.39. The summed E-state index contributed by atoms with van der Waals surface area (Å²) < 4.78 is 26.2. The van der Waals surface area contributed by atoms with Gasteiger partial charge < -0.3 is 5.43 Å². The zero-order valence-electron chi connectivity index (χ0n) is 10.3. The number of pyridine rings is 1. The molecule has 7 heteroatoms. The highest BCUT2D eigenvalue weighted by molar-refractivity contribution is 7.89. The Bertz CT molecular complexity index is 494.